The number of benzene rings is 1. The third kappa shape index (κ3) is 2.56. The predicted octanol–water partition coefficient (Wildman–Crippen LogP) is 0.193. The summed E-state index contributed by atoms with van der Waals surface area (Å²) in [6.45, 7) is 1.68. The van der Waals surface area contributed by atoms with Crippen molar-refractivity contribution >= 4 is 33.3 Å². The minimum Gasteiger partial charge on any atom is -0.398 e. The monoisotopic (exact) mass is 262 g/mol. The van der Waals surface area contributed by atoms with Gasteiger partial charge in [0, 0.05) is 10.7 Å². The molecule has 0 bridgehead atoms. The summed E-state index contributed by atoms with van der Waals surface area (Å²) in [6, 6.07) is 2.50. The standard InChI is InChI=1S/C8H11ClN4O2S/c1-4-6(9)2-5(3-7(4)10)16(14,15)13-8(11)12/h2-3H,10H2,1H3,(H4,11,12,13). The van der Waals surface area contributed by atoms with E-state index in [9.17, 15) is 8.42 Å². The lowest BCUT2D eigenvalue weighted by Gasteiger charge is -2.06. The van der Waals surface area contributed by atoms with E-state index in [1.54, 1.807) is 6.92 Å². The molecule has 0 atom stereocenters. The first-order valence-corrected chi connectivity index (χ1v) is 5.97. The molecule has 16 heavy (non-hydrogen) atoms. The average Bonchev–Trinajstić information content (AvgIpc) is 2.11. The molecular formula is C8H11ClN4O2S. The molecule has 8 heteroatoms. The maximum absolute atomic E-state index is 11.6. The second-order valence-electron chi connectivity index (χ2n) is 3.11. The molecule has 0 amide bonds. The van der Waals surface area contributed by atoms with E-state index in [1.807, 2.05) is 0 Å². The molecule has 0 saturated carbocycles. The Morgan fingerprint density at radius 2 is 1.94 bits per heavy atom. The SMILES string of the molecule is Cc1c(N)cc(S(=O)(=O)N=C(N)N)cc1Cl. The highest BCUT2D eigenvalue weighted by Gasteiger charge is 2.16. The number of hydrogen-bond donors (Lipinski definition) is 3. The van der Waals surface area contributed by atoms with Crippen LogP contribution in [0.15, 0.2) is 21.4 Å². The van der Waals surface area contributed by atoms with Crippen LogP contribution in [0.5, 0.6) is 0 Å². The highest BCUT2D eigenvalue weighted by atomic mass is 35.5. The molecule has 6 N–H and O–H groups in total. The Kier molecular flexibility index (Phi) is 3.30. The van der Waals surface area contributed by atoms with E-state index in [-0.39, 0.29) is 15.6 Å². The van der Waals surface area contributed by atoms with Gasteiger partial charge in [-0.05, 0) is 24.6 Å². The Morgan fingerprint density at radius 3 is 2.38 bits per heavy atom. The molecule has 88 valence electrons. The summed E-state index contributed by atoms with van der Waals surface area (Å²) in [5.74, 6) is -0.546. The van der Waals surface area contributed by atoms with E-state index in [0.717, 1.165) is 0 Å². The van der Waals surface area contributed by atoms with Crippen LogP contribution in [0, 0.1) is 6.92 Å². The van der Waals surface area contributed by atoms with Crippen LogP contribution in [0.1, 0.15) is 5.56 Å². The molecule has 1 aromatic carbocycles. The van der Waals surface area contributed by atoms with Gasteiger partial charge in [0.05, 0.1) is 4.90 Å². The Balaban J connectivity index is 3.42. The molecule has 0 aliphatic rings. The fourth-order valence-corrected chi connectivity index (χ4v) is 2.23. The van der Waals surface area contributed by atoms with Crippen LogP contribution in [0.25, 0.3) is 0 Å². The smallest absolute Gasteiger partial charge is 0.285 e. The fourth-order valence-electron chi connectivity index (χ4n) is 1.01. The molecule has 0 aliphatic heterocycles. The third-order valence-corrected chi connectivity index (χ3v) is 3.56. The second kappa shape index (κ2) is 4.18. The van der Waals surface area contributed by atoms with Gasteiger partial charge in [0.25, 0.3) is 10.0 Å². The molecule has 0 aliphatic carbocycles. The molecule has 0 unspecified atom stereocenters. The molecule has 1 rings (SSSR count). The van der Waals surface area contributed by atoms with Crippen molar-refractivity contribution in [3.8, 4) is 0 Å². The Morgan fingerprint density at radius 1 is 1.38 bits per heavy atom. The Labute approximate surface area is 98.1 Å². The molecule has 0 aromatic heterocycles. The topological polar surface area (TPSA) is 125 Å². The van der Waals surface area contributed by atoms with Crippen molar-refractivity contribution < 1.29 is 8.42 Å². The summed E-state index contributed by atoms with van der Waals surface area (Å²) in [7, 11) is -3.95. The van der Waals surface area contributed by atoms with Gasteiger partial charge in [-0.15, -0.1) is 4.40 Å². The largest absolute Gasteiger partial charge is 0.398 e. The Hall–Kier alpha value is -1.47. The summed E-state index contributed by atoms with van der Waals surface area (Å²) >= 11 is 5.81. The minimum atomic E-state index is -3.95. The van der Waals surface area contributed by atoms with Crippen LogP contribution in [-0.2, 0) is 10.0 Å². The number of halogens is 1. The maximum atomic E-state index is 11.6. The van der Waals surface area contributed by atoms with Gasteiger partial charge in [0.1, 0.15) is 0 Å². The molecule has 0 fully saturated rings. The number of nitrogen functional groups attached to an aromatic ring is 1. The van der Waals surface area contributed by atoms with Crippen LogP contribution in [-0.4, -0.2) is 14.4 Å². The van der Waals surface area contributed by atoms with E-state index in [0.29, 0.717) is 5.56 Å². The highest BCUT2D eigenvalue weighted by Crippen LogP contribution is 2.26. The third-order valence-electron chi connectivity index (χ3n) is 1.88. The maximum Gasteiger partial charge on any atom is 0.285 e. The quantitative estimate of drug-likeness (QED) is 0.399. The average molecular weight is 263 g/mol. The van der Waals surface area contributed by atoms with Gasteiger partial charge in [-0.2, -0.15) is 8.42 Å². The van der Waals surface area contributed by atoms with E-state index in [2.05, 4.69) is 4.40 Å². The summed E-state index contributed by atoms with van der Waals surface area (Å²) in [4.78, 5) is -0.144. The normalized spacial score (nSPS) is 11.1. The molecule has 0 radical (unpaired) electrons. The highest BCUT2D eigenvalue weighted by molar-refractivity contribution is 7.90. The number of hydrogen-bond acceptors (Lipinski definition) is 3. The van der Waals surface area contributed by atoms with E-state index in [1.165, 1.54) is 12.1 Å². The van der Waals surface area contributed by atoms with Crippen molar-refractivity contribution in [1.82, 2.24) is 0 Å². The van der Waals surface area contributed by atoms with Crippen LogP contribution < -0.4 is 17.2 Å². The van der Waals surface area contributed by atoms with Gasteiger partial charge >= 0.3 is 0 Å². The van der Waals surface area contributed by atoms with Crippen molar-refractivity contribution in [2.45, 2.75) is 11.8 Å². The van der Waals surface area contributed by atoms with Crippen molar-refractivity contribution in [2.75, 3.05) is 5.73 Å². The number of guanidine groups is 1. The molecular weight excluding hydrogens is 252 g/mol. The first-order chi connectivity index (χ1) is 7.24. The number of anilines is 1. The van der Waals surface area contributed by atoms with Crippen LogP contribution in [0.4, 0.5) is 5.69 Å². The zero-order valence-electron chi connectivity index (χ0n) is 8.44. The number of sulfonamides is 1. The summed E-state index contributed by atoms with van der Waals surface area (Å²) in [6.07, 6.45) is 0. The summed E-state index contributed by atoms with van der Waals surface area (Å²) < 4.78 is 26.3. The molecule has 0 saturated heterocycles. The number of nitrogens with zero attached hydrogens (tertiary/aromatic N) is 1. The van der Waals surface area contributed by atoms with Crippen LogP contribution >= 0.6 is 11.6 Å². The number of nitrogens with two attached hydrogens (primary N) is 3. The Bertz CT molecular complexity index is 526. The first kappa shape index (κ1) is 12.6. The lowest BCUT2D eigenvalue weighted by atomic mass is 10.2. The molecule has 6 nitrogen and oxygen atoms in total. The van der Waals surface area contributed by atoms with Crippen molar-refractivity contribution in [3.05, 3.63) is 22.7 Å². The number of rotatable bonds is 2. The lowest BCUT2D eigenvalue weighted by molar-refractivity contribution is 0.598. The fraction of sp³-hybridized carbons (Fsp3) is 0.125. The van der Waals surface area contributed by atoms with E-state index >= 15 is 0 Å². The van der Waals surface area contributed by atoms with Crippen molar-refractivity contribution in [3.63, 3.8) is 0 Å². The zero-order chi connectivity index (χ0) is 12.5. The first-order valence-electron chi connectivity index (χ1n) is 4.15. The lowest BCUT2D eigenvalue weighted by Crippen LogP contribution is -2.24. The van der Waals surface area contributed by atoms with Gasteiger partial charge < -0.3 is 17.2 Å². The molecule has 0 heterocycles. The van der Waals surface area contributed by atoms with Crippen molar-refractivity contribution in [2.24, 2.45) is 15.9 Å². The van der Waals surface area contributed by atoms with Crippen LogP contribution in [0.3, 0.4) is 0 Å². The summed E-state index contributed by atoms with van der Waals surface area (Å²) in [5, 5.41) is 0.240. The van der Waals surface area contributed by atoms with Gasteiger partial charge in [-0.3, -0.25) is 0 Å². The van der Waals surface area contributed by atoms with Crippen molar-refractivity contribution in [1.29, 1.82) is 0 Å². The zero-order valence-corrected chi connectivity index (χ0v) is 10.0. The van der Waals surface area contributed by atoms with Crippen LogP contribution in [0.2, 0.25) is 5.02 Å². The van der Waals surface area contributed by atoms with Gasteiger partial charge in [0.2, 0.25) is 5.96 Å². The van der Waals surface area contributed by atoms with E-state index in [4.69, 9.17) is 28.8 Å². The second-order valence-corrected chi connectivity index (χ2v) is 5.12. The minimum absolute atomic E-state index is 0.144. The van der Waals surface area contributed by atoms with Gasteiger partial charge in [0.15, 0.2) is 0 Å². The summed E-state index contributed by atoms with van der Waals surface area (Å²) in [5.41, 5.74) is 16.5. The van der Waals surface area contributed by atoms with E-state index < -0.39 is 16.0 Å². The van der Waals surface area contributed by atoms with Gasteiger partial charge in [-0.25, -0.2) is 0 Å². The molecule has 1 aromatic rings. The predicted molar refractivity (Wildman–Crippen MR) is 63.6 cm³/mol. The van der Waals surface area contributed by atoms with Gasteiger partial charge in [-0.1, -0.05) is 11.6 Å². The molecule has 0 spiro atoms.